The Morgan fingerprint density at radius 2 is 1.75 bits per heavy atom. The Labute approximate surface area is 186 Å². The average Bonchev–Trinajstić information content (AvgIpc) is 3.41. The molecule has 3 aromatic rings. The molecule has 3 N–H and O–H groups in total. The second-order valence-electron chi connectivity index (χ2n) is 8.05. The van der Waals surface area contributed by atoms with Gasteiger partial charge in [-0.15, -0.1) is 0 Å². The lowest BCUT2D eigenvalue weighted by Gasteiger charge is -2.16. The Hall–Kier alpha value is -3.94. The molecule has 1 fully saturated rings. The zero-order chi connectivity index (χ0) is 22.8. The smallest absolute Gasteiger partial charge is 0.253 e. The predicted molar refractivity (Wildman–Crippen MR) is 122 cm³/mol. The molecule has 0 spiro atoms. The molecule has 164 valence electrons. The van der Waals surface area contributed by atoms with Gasteiger partial charge in [0.1, 0.15) is 5.82 Å². The molecule has 2 heterocycles. The van der Waals surface area contributed by atoms with Gasteiger partial charge in [0.05, 0.1) is 17.4 Å². The minimum atomic E-state index is -0.324. The summed E-state index contributed by atoms with van der Waals surface area (Å²) < 4.78 is 1.56. The first kappa shape index (κ1) is 21.3. The van der Waals surface area contributed by atoms with E-state index >= 15 is 0 Å². The fourth-order valence-corrected chi connectivity index (χ4v) is 3.90. The molecule has 0 radical (unpaired) electrons. The van der Waals surface area contributed by atoms with Crippen molar-refractivity contribution < 1.29 is 14.4 Å². The lowest BCUT2D eigenvalue weighted by atomic mass is 9.98. The van der Waals surface area contributed by atoms with Crippen LogP contribution in [0.2, 0.25) is 0 Å². The Bertz CT molecular complexity index is 1170. The van der Waals surface area contributed by atoms with Gasteiger partial charge in [-0.25, -0.2) is 4.68 Å². The Kier molecular flexibility index (Phi) is 5.77. The van der Waals surface area contributed by atoms with E-state index in [1.54, 1.807) is 33.8 Å². The van der Waals surface area contributed by atoms with Crippen molar-refractivity contribution >= 4 is 29.1 Å². The third kappa shape index (κ3) is 4.25. The van der Waals surface area contributed by atoms with Crippen LogP contribution in [-0.4, -0.2) is 45.4 Å². The SMILES string of the molecule is CC(=O)Nc1ccc(C(=O)N2CC[C@@H](C(=O)c3cnn(-c4ccc(C)cc4)c3N)C2)cc1. The first-order valence-electron chi connectivity index (χ1n) is 10.4. The van der Waals surface area contributed by atoms with Crippen molar-refractivity contribution in [2.75, 3.05) is 24.1 Å². The number of nitrogen functional groups attached to an aromatic ring is 1. The number of hydrogen-bond donors (Lipinski definition) is 2. The first-order chi connectivity index (χ1) is 15.3. The van der Waals surface area contributed by atoms with Gasteiger partial charge >= 0.3 is 0 Å². The summed E-state index contributed by atoms with van der Waals surface area (Å²) in [6, 6.07) is 14.4. The molecule has 0 saturated carbocycles. The van der Waals surface area contributed by atoms with Crippen LogP contribution in [0, 0.1) is 12.8 Å². The van der Waals surface area contributed by atoms with Gasteiger partial charge in [0.25, 0.3) is 5.91 Å². The van der Waals surface area contributed by atoms with Gasteiger partial charge in [-0.2, -0.15) is 5.10 Å². The topological polar surface area (TPSA) is 110 Å². The number of nitrogens with two attached hydrogens (primary N) is 1. The van der Waals surface area contributed by atoms with Crippen molar-refractivity contribution in [3.63, 3.8) is 0 Å². The first-order valence-corrected chi connectivity index (χ1v) is 10.4. The number of carbonyl (C=O) groups excluding carboxylic acids is 3. The van der Waals surface area contributed by atoms with Gasteiger partial charge in [0, 0.05) is 37.2 Å². The Balaban J connectivity index is 1.44. The summed E-state index contributed by atoms with van der Waals surface area (Å²) in [7, 11) is 0. The van der Waals surface area contributed by atoms with Crippen LogP contribution in [0.25, 0.3) is 5.69 Å². The third-order valence-electron chi connectivity index (χ3n) is 5.65. The molecule has 4 rings (SSSR count). The molecular weight excluding hydrogens is 406 g/mol. The van der Waals surface area contributed by atoms with Crippen molar-refractivity contribution in [1.82, 2.24) is 14.7 Å². The third-order valence-corrected chi connectivity index (χ3v) is 5.65. The van der Waals surface area contributed by atoms with Crippen LogP contribution in [0.4, 0.5) is 11.5 Å². The van der Waals surface area contributed by atoms with Crippen molar-refractivity contribution in [3.05, 3.63) is 71.4 Å². The van der Waals surface area contributed by atoms with E-state index in [4.69, 9.17) is 5.73 Å². The number of rotatable bonds is 5. The minimum absolute atomic E-state index is 0.0998. The summed E-state index contributed by atoms with van der Waals surface area (Å²) in [5, 5.41) is 6.97. The second-order valence-corrected chi connectivity index (χ2v) is 8.05. The van der Waals surface area contributed by atoms with E-state index in [0.29, 0.717) is 42.1 Å². The number of aryl methyl sites for hydroxylation is 1. The van der Waals surface area contributed by atoms with E-state index in [1.807, 2.05) is 31.2 Å². The van der Waals surface area contributed by atoms with Crippen LogP contribution in [0.15, 0.2) is 54.7 Å². The second kappa shape index (κ2) is 8.66. The molecule has 1 aliphatic rings. The number of hydrogen-bond acceptors (Lipinski definition) is 5. The van der Waals surface area contributed by atoms with E-state index in [9.17, 15) is 14.4 Å². The number of amides is 2. The molecule has 0 aliphatic carbocycles. The number of likely N-dealkylation sites (tertiary alicyclic amines) is 1. The summed E-state index contributed by atoms with van der Waals surface area (Å²) in [6.07, 6.45) is 2.08. The standard InChI is InChI=1S/C24H25N5O3/c1-15-3-9-20(10-4-15)29-23(25)21(13-26-29)22(31)18-11-12-28(14-18)24(32)17-5-7-19(8-6-17)27-16(2)30/h3-10,13,18H,11-12,14,25H2,1-2H3,(H,27,30)/t18-/m1/s1. The number of carbonyl (C=O) groups is 3. The number of ketones is 1. The van der Waals surface area contributed by atoms with E-state index < -0.39 is 0 Å². The number of anilines is 2. The molecule has 1 aliphatic heterocycles. The Morgan fingerprint density at radius 3 is 2.41 bits per heavy atom. The van der Waals surface area contributed by atoms with Gasteiger partial charge < -0.3 is 16.0 Å². The van der Waals surface area contributed by atoms with Gasteiger partial charge in [0.15, 0.2) is 5.78 Å². The van der Waals surface area contributed by atoms with E-state index in [2.05, 4.69) is 10.4 Å². The van der Waals surface area contributed by atoms with Gasteiger partial charge in [-0.05, 0) is 49.7 Å². The molecule has 8 heteroatoms. The number of aromatic nitrogens is 2. The highest BCUT2D eigenvalue weighted by Gasteiger charge is 2.33. The highest BCUT2D eigenvalue weighted by atomic mass is 16.2. The van der Waals surface area contributed by atoms with Crippen LogP contribution in [-0.2, 0) is 4.79 Å². The van der Waals surface area contributed by atoms with E-state index in [-0.39, 0.29) is 23.5 Å². The van der Waals surface area contributed by atoms with Crippen LogP contribution in [0.5, 0.6) is 0 Å². The maximum absolute atomic E-state index is 13.1. The number of Topliss-reactive ketones (excluding diaryl/α,β-unsaturated/α-hetero) is 1. The fourth-order valence-electron chi connectivity index (χ4n) is 3.90. The van der Waals surface area contributed by atoms with Crippen molar-refractivity contribution in [2.45, 2.75) is 20.3 Å². The zero-order valence-corrected chi connectivity index (χ0v) is 18.0. The largest absolute Gasteiger partial charge is 0.383 e. The highest BCUT2D eigenvalue weighted by molar-refractivity contribution is 6.03. The molecule has 1 saturated heterocycles. The van der Waals surface area contributed by atoms with E-state index in [0.717, 1.165) is 11.3 Å². The summed E-state index contributed by atoms with van der Waals surface area (Å²) in [6.45, 7) is 4.25. The molecular formula is C24H25N5O3. The maximum Gasteiger partial charge on any atom is 0.253 e. The van der Waals surface area contributed by atoms with Gasteiger partial charge in [-0.3, -0.25) is 14.4 Å². The number of nitrogens with zero attached hydrogens (tertiary/aromatic N) is 3. The van der Waals surface area contributed by atoms with Crippen LogP contribution in [0.3, 0.4) is 0 Å². The molecule has 1 aromatic heterocycles. The molecule has 1 atom stereocenters. The molecule has 2 amide bonds. The quantitative estimate of drug-likeness (QED) is 0.603. The van der Waals surface area contributed by atoms with E-state index in [1.165, 1.54) is 13.1 Å². The lowest BCUT2D eigenvalue weighted by molar-refractivity contribution is -0.114. The normalized spacial score (nSPS) is 15.6. The molecule has 32 heavy (non-hydrogen) atoms. The maximum atomic E-state index is 13.1. The minimum Gasteiger partial charge on any atom is -0.383 e. The van der Waals surface area contributed by atoms with Crippen LogP contribution >= 0.6 is 0 Å². The summed E-state index contributed by atoms with van der Waals surface area (Å²) in [4.78, 5) is 38.8. The summed E-state index contributed by atoms with van der Waals surface area (Å²) in [5.41, 5.74) is 9.68. The number of nitrogens with one attached hydrogen (secondary N) is 1. The van der Waals surface area contributed by atoms with Gasteiger partial charge in [-0.1, -0.05) is 17.7 Å². The Morgan fingerprint density at radius 1 is 1.06 bits per heavy atom. The number of benzene rings is 2. The zero-order valence-electron chi connectivity index (χ0n) is 18.0. The fraction of sp³-hybridized carbons (Fsp3) is 0.250. The van der Waals surface area contributed by atoms with Crippen molar-refractivity contribution in [2.24, 2.45) is 5.92 Å². The monoisotopic (exact) mass is 431 g/mol. The van der Waals surface area contributed by atoms with Crippen LogP contribution in [0.1, 0.15) is 39.6 Å². The van der Waals surface area contributed by atoms with Crippen molar-refractivity contribution in [3.8, 4) is 5.69 Å². The molecule has 8 nitrogen and oxygen atoms in total. The predicted octanol–water partition coefficient (Wildman–Crippen LogP) is 3.07. The molecule has 0 bridgehead atoms. The average molecular weight is 431 g/mol. The molecule has 2 aromatic carbocycles. The summed E-state index contributed by atoms with van der Waals surface area (Å²) >= 11 is 0. The van der Waals surface area contributed by atoms with Gasteiger partial charge in [0.2, 0.25) is 5.91 Å². The lowest BCUT2D eigenvalue weighted by Crippen LogP contribution is -2.30. The summed E-state index contributed by atoms with van der Waals surface area (Å²) in [5.74, 6) is -0.433. The van der Waals surface area contributed by atoms with Crippen molar-refractivity contribution in [1.29, 1.82) is 0 Å². The highest BCUT2D eigenvalue weighted by Crippen LogP contribution is 2.26. The molecule has 0 unspecified atom stereocenters. The van der Waals surface area contributed by atoms with Crippen LogP contribution < -0.4 is 11.1 Å².